The smallest absolute Gasteiger partial charge is 0.248 e. The van der Waals surface area contributed by atoms with Gasteiger partial charge in [0.1, 0.15) is 6.61 Å². The lowest BCUT2D eigenvalue weighted by Gasteiger charge is -2.07. The molecule has 0 rings (SSSR count). The van der Waals surface area contributed by atoms with Crippen LogP contribution in [0.4, 0.5) is 0 Å². The van der Waals surface area contributed by atoms with Gasteiger partial charge in [-0.3, -0.25) is 14.4 Å². The van der Waals surface area contributed by atoms with Gasteiger partial charge in [-0.25, -0.2) is 5.90 Å². The molecule has 0 heterocycles. The second-order valence-corrected chi connectivity index (χ2v) is 3.93. The number of halogens is 1. The predicted octanol–water partition coefficient (Wildman–Crippen LogP) is -1.46. The number of nitrogens with two attached hydrogens (primary N) is 1. The minimum atomic E-state index is -0.287. The third-order valence-electron chi connectivity index (χ3n) is 1.84. The van der Waals surface area contributed by atoms with Crippen LogP contribution in [0.3, 0.4) is 0 Å². The molecule has 0 aliphatic carbocycles. The Bertz CT molecular complexity index is 255. The summed E-state index contributed by atoms with van der Waals surface area (Å²) in [5, 5.41) is 5.49. The highest BCUT2D eigenvalue weighted by Crippen LogP contribution is 1.80. The molecule has 0 saturated carbocycles. The molecule has 0 aliphatic heterocycles. The van der Waals surface area contributed by atoms with E-state index in [0.717, 1.165) is 0 Å². The molecule has 0 bridgehead atoms. The highest BCUT2D eigenvalue weighted by molar-refractivity contribution is 9.09. The molecule has 2 amide bonds. The van der Waals surface area contributed by atoms with Crippen LogP contribution in [0.5, 0.6) is 0 Å². The van der Waals surface area contributed by atoms with Crippen LogP contribution in [0, 0.1) is 0 Å². The van der Waals surface area contributed by atoms with E-state index in [-0.39, 0.29) is 23.8 Å². The molecular weight excluding hydrogens is 322 g/mol. The summed E-state index contributed by atoms with van der Waals surface area (Å²) in [6.45, 7) is 2.39. The van der Waals surface area contributed by atoms with Crippen LogP contribution in [0.25, 0.3) is 0 Å². The average molecular weight is 342 g/mol. The number of ether oxygens (including phenoxy) is 2. The SMILES string of the molecule is NOCC(=O)NCCOCCOCCNC(=O)CBr. The van der Waals surface area contributed by atoms with Crippen LogP contribution >= 0.6 is 15.9 Å². The molecule has 8 nitrogen and oxygen atoms in total. The number of nitrogens with one attached hydrogen (secondary N) is 2. The Morgan fingerprint density at radius 3 is 1.95 bits per heavy atom. The van der Waals surface area contributed by atoms with Crippen molar-refractivity contribution in [1.29, 1.82) is 0 Å². The molecule has 112 valence electrons. The van der Waals surface area contributed by atoms with Gasteiger partial charge in [-0.2, -0.15) is 0 Å². The topological polar surface area (TPSA) is 112 Å². The maximum absolute atomic E-state index is 10.9. The molecule has 19 heavy (non-hydrogen) atoms. The van der Waals surface area contributed by atoms with E-state index in [0.29, 0.717) is 39.5 Å². The van der Waals surface area contributed by atoms with E-state index < -0.39 is 0 Å². The molecule has 0 saturated heterocycles. The summed E-state index contributed by atoms with van der Waals surface area (Å²) < 4.78 is 10.4. The molecule has 0 aromatic heterocycles. The molecule has 9 heteroatoms. The Hall–Kier alpha value is -0.740. The van der Waals surface area contributed by atoms with E-state index in [4.69, 9.17) is 15.4 Å². The van der Waals surface area contributed by atoms with Gasteiger partial charge < -0.3 is 20.1 Å². The van der Waals surface area contributed by atoms with Crippen molar-refractivity contribution < 1.29 is 23.9 Å². The standard InChI is InChI=1S/C10H20BrN3O5/c11-7-9(15)13-1-3-17-5-6-18-4-2-14-10(16)8-19-12/h1-8,12H2,(H,13,15)(H,14,16). The van der Waals surface area contributed by atoms with E-state index in [9.17, 15) is 9.59 Å². The fraction of sp³-hybridized carbons (Fsp3) is 0.800. The molecule has 4 N–H and O–H groups in total. The number of amides is 2. The van der Waals surface area contributed by atoms with E-state index in [1.807, 2.05) is 0 Å². The van der Waals surface area contributed by atoms with E-state index >= 15 is 0 Å². The van der Waals surface area contributed by atoms with Crippen molar-refractivity contribution in [3.05, 3.63) is 0 Å². The molecule has 0 radical (unpaired) electrons. The van der Waals surface area contributed by atoms with Gasteiger partial charge in [0.15, 0.2) is 0 Å². The Labute approximate surface area is 120 Å². The van der Waals surface area contributed by atoms with Crippen LogP contribution < -0.4 is 16.5 Å². The molecule has 0 unspecified atom stereocenters. The van der Waals surface area contributed by atoms with Gasteiger partial charge in [0.25, 0.3) is 0 Å². The zero-order valence-corrected chi connectivity index (χ0v) is 12.2. The van der Waals surface area contributed by atoms with Crippen molar-refractivity contribution in [2.45, 2.75) is 0 Å². The second-order valence-electron chi connectivity index (χ2n) is 3.37. The predicted molar refractivity (Wildman–Crippen MR) is 71.6 cm³/mol. The lowest BCUT2D eigenvalue weighted by Crippen LogP contribution is -2.31. The van der Waals surface area contributed by atoms with Gasteiger partial charge in [0.2, 0.25) is 11.8 Å². The summed E-state index contributed by atoms with van der Waals surface area (Å²) in [6, 6.07) is 0. The van der Waals surface area contributed by atoms with Crippen molar-refractivity contribution in [2.24, 2.45) is 5.90 Å². The summed E-state index contributed by atoms with van der Waals surface area (Å²) in [4.78, 5) is 25.9. The Kier molecular flexibility index (Phi) is 13.2. The molecule has 0 spiro atoms. The maximum atomic E-state index is 10.9. The van der Waals surface area contributed by atoms with E-state index in [1.165, 1.54) is 0 Å². The first kappa shape index (κ1) is 18.3. The first-order valence-electron chi connectivity index (χ1n) is 5.77. The molecule has 0 aromatic carbocycles. The molecule has 0 aliphatic rings. The van der Waals surface area contributed by atoms with Gasteiger partial charge in [-0.05, 0) is 0 Å². The van der Waals surface area contributed by atoms with Crippen LogP contribution in [-0.2, 0) is 23.9 Å². The molecule has 0 fully saturated rings. The summed E-state index contributed by atoms with van der Waals surface area (Å²) in [5.74, 6) is 4.37. The van der Waals surface area contributed by atoms with Crippen molar-refractivity contribution in [2.75, 3.05) is 51.5 Å². The molecular formula is C10H20BrN3O5. The van der Waals surface area contributed by atoms with Crippen molar-refractivity contribution in [3.8, 4) is 0 Å². The summed E-state index contributed by atoms with van der Waals surface area (Å²) in [6.07, 6.45) is 0. The van der Waals surface area contributed by atoms with Crippen molar-refractivity contribution in [1.82, 2.24) is 10.6 Å². The van der Waals surface area contributed by atoms with E-state index in [2.05, 4.69) is 31.4 Å². The number of hydrogen-bond donors (Lipinski definition) is 3. The Morgan fingerprint density at radius 2 is 1.47 bits per heavy atom. The highest BCUT2D eigenvalue weighted by atomic mass is 79.9. The average Bonchev–Trinajstić information content (AvgIpc) is 2.40. The van der Waals surface area contributed by atoms with Gasteiger partial charge >= 0.3 is 0 Å². The number of rotatable bonds is 12. The summed E-state index contributed by atoms with van der Waals surface area (Å²) >= 11 is 3.04. The fourth-order valence-electron chi connectivity index (χ4n) is 1.02. The molecule has 0 aromatic rings. The molecule has 0 atom stereocenters. The number of alkyl halides is 1. The zero-order valence-electron chi connectivity index (χ0n) is 10.7. The van der Waals surface area contributed by atoms with Crippen LogP contribution in [0.15, 0.2) is 0 Å². The third kappa shape index (κ3) is 13.5. The second kappa shape index (κ2) is 13.7. The quantitative estimate of drug-likeness (QED) is 0.227. The van der Waals surface area contributed by atoms with Crippen molar-refractivity contribution in [3.63, 3.8) is 0 Å². The van der Waals surface area contributed by atoms with Crippen LogP contribution in [-0.4, -0.2) is 63.3 Å². The Morgan fingerprint density at radius 1 is 0.947 bits per heavy atom. The largest absolute Gasteiger partial charge is 0.377 e. The van der Waals surface area contributed by atoms with Crippen LogP contribution in [0.2, 0.25) is 0 Å². The van der Waals surface area contributed by atoms with Crippen LogP contribution in [0.1, 0.15) is 0 Å². The lowest BCUT2D eigenvalue weighted by atomic mass is 10.6. The summed E-state index contributed by atoms with van der Waals surface area (Å²) in [5.41, 5.74) is 0. The fourth-order valence-corrected chi connectivity index (χ4v) is 1.22. The number of carbonyl (C=O) groups excluding carboxylic acids is 2. The van der Waals surface area contributed by atoms with Crippen molar-refractivity contribution >= 4 is 27.7 Å². The zero-order chi connectivity index (χ0) is 14.3. The third-order valence-corrected chi connectivity index (χ3v) is 2.35. The van der Waals surface area contributed by atoms with Gasteiger partial charge in [0.05, 0.1) is 31.8 Å². The summed E-state index contributed by atoms with van der Waals surface area (Å²) in [7, 11) is 0. The maximum Gasteiger partial charge on any atom is 0.248 e. The van der Waals surface area contributed by atoms with E-state index in [1.54, 1.807) is 0 Å². The Balaban J connectivity index is 3.11. The number of hydrogen-bond acceptors (Lipinski definition) is 6. The van der Waals surface area contributed by atoms with Gasteiger partial charge in [-0.1, -0.05) is 15.9 Å². The first-order valence-corrected chi connectivity index (χ1v) is 6.89. The number of carbonyl (C=O) groups is 2. The monoisotopic (exact) mass is 341 g/mol. The first-order chi connectivity index (χ1) is 9.20. The minimum Gasteiger partial charge on any atom is -0.377 e. The highest BCUT2D eigenvalue weighted by Gasteiger charge is 1.98. The van der Waals surface area contributed by atoms with Gasteiger partial charge in [-0.15, -0.1) is 0 Å². The lowest BCUT2D eigenvalue weighted by molar-refractivity contribution is -0.126. The normalized spacial score (nSPS) is 10.2. The van der Waals surface area contributed by atoms with Gasteiger partial charge in [0, 0.05) is 13.1 Å². The minimum absolute atomic E-state index is 0.0722.